The number of hydrogen-bond acceptors (Lipinski definition) is 5. The molecule has 0 aliphatic carbocycles. The Kier molecular flexibility index (Phi) is 3.77. The fourth-order valence-electron chi connectivity index (χ4n) is 2.75. The molecule has 2 aromatic carbocycles. The smallest absolute Gasteiger partial charge is 0.274 e. The quantitative estimate of drug-likeness (QED) is 0.616. The zero-order valence-electron chi connectivity index (χ0n) is 13.4. The van der Waals surface area contributed by atoms with E-state index in [-0.39, 0.29) is 17.9 Å². The summed E-state index contributed by atoms with van der Waals surface area (Å²) in [4.78, 5) is 29.0. The highest BCUT2D eigenvalue weighted by Crippen LogP contribution is 2.25. The van der Waals surface area contributed by atoms with E-state index in [1.54, 1.807) is 19.2 Å². The molecule has 0 radical (unpaired) electrons. The summed E-state index contributed by atoms with van der Waals surface area (Å²) < 4.78 is 2.28. The third kappa shape index (κ3) is 2.89. The van der Waals surface area contributed by atoms with Gasteiger partial charge in [-0.1, -0.05) is 41.7 Å². The van der Waals surface area contributed by atoms with Crippen LogP contribution in [0.15, 0.2) is 53.3 Å². The summed E-state index contributed by atoms with van der Waals surface area (Å²) in [5.74, 6) is -0.213. The van der Waals surface area contributed by atoms with Crippen molar-refractivity contribution in [3.63, 3.8) is 0 Å². The van der Waals surface area contributed by atoms with Crippen molar-refractivity contribution in [3.05, 3.63) is 64.6 Å². The highest BCUT2D eigenvalue weighted by Gasteiger charge is 2.14. The molecule has 0 saturated heterocycles. The first-order chi connectivity index (χ1) is 12.1. The number of carbonyl (C=O) groups is 1. The number of nitrogens with zero attached hydrogens (tertiary/aromatic N) is 3. The number of aromatic nitrogens is 3. The van der Waals surface area contributed by atoms with E-state index in [9.17, 15) is 9.59 Å². The zero-order valence-corrected chi connectivity index (χ0v) is 14.2. The van der Waals surface area contributed by atoms with Gasteiger partial charge in [-0.25, -0.2) is 9.67 Å². The second-order valence-corrected chi connectivity index (χ2v) is 6.66. The van der Waals surface area contributed by atoms with Crippen LogP contribution < -0.4 is 10.9 Å². The summed E-state index contributed by atoms with van der Waals surface area (Å²) >= 11 is 1.43. The normalized spacial score (nSPS) is 11.1. The number of para-hydroxylation sites is 1. The van der Waals surface area contributed by atoms with Gasteiger partial charge >= 0.3 is 0 Å². The van der Waals surface area contributed by atoms with Crippen LogP contribution in [0.3, 0.4) is 0 Å². The molecule has 1 N–H and O–H groups in total. The first-order valence-corrected chi connectivity index (χ1v) is 8.54. The summed E-state index contributed by atoms with van der Waals surface area (Å²) in [6.07, 6.45) is 0.0740. The minimum absolute atomic E-state index is 0.0740. The lowest BCUT2D eigenvalue weighted by molar-refractivity contribution is -0.115. The first-order valence-electron chi connectivity index (χ1n) is 7.72. The zero-order chi connectivity index (χ0) is 17.4. The van der Waals surface area contributed by atoms with Crippen molar-refractivity contribution in [2.45, 2.75) is 6.42 Å². The predicted octanol–water partition coefficient (Wildman–Crippen LogP) is 2.72. The lowest BCUT2D eigenvalue weighted by Gasteiger charge is -2.07. The molecule has 6 nitrogen and oxygen atoms in total. The lowest BCUT2D eigenvalue weighted by Crippen LogP contribution is -2.24. The van der Waals surface area contributed by atoms with Gasteiger partial charge in [-0.3, -0.25) is 9.59 Å². The van der Waals surface area contributed by atoms with Crippen molar-refractivity contribution < 1.29 is 4.79 Å². The molecule has 0 aliphatic rings. The second kappa shape index (κ2) is 6.10. The molecule has 25 heavy (non-hydrogen) atoms. The summed E-state index contributed by atoms with van der Waals surface area (Å²) in [5.41, 5.74) is 1.25. The third-order valence-corrected chi connectivity index (χ3v) is 4.85. The van der Waals surface area contributed by atoms with E-state index < -0.39 is 0 Å². The average Bonchev–Trinajstić information content (AvgIpc) is 3.01. The van der Waals surface area contributed by atoms with E-state index in [2.05, 4.69) is 15.4 Å². The van der Waals surface area contributed by atoms with Crippen LogP contribution >= 0.6 is 11.3 Å². The molecule has 4 rings (SSSR count). The molecule has 2 aromatic heterocycles. The topological polar surface area (TPSA) is 76.9 Å². The van der Waals surface area contributed by atoms with E-state index in [1.807, 2.05) is 36.4 Å². The van der Waals surface area contributed by atoms with Gasteiger partial charge in [-0.15, -0.1) is 0 Å². The molecule has 0 aliphatic heterocycles. The number of carbonyl (C=O) groups excluding carboxylic acids is 1. The van der Waals surface area contributed by atoms with E-state index >= 15 is 0 Å². The molecule has 0 fully saturated rings. The SMILES string of the molecule is Cn1nc(CC(=O)Nc2nc3ccccc3s2)c2ccccc2c1=O. The van der Waals surface area contributed by atoms with Gasteiger partial charge < -0.3 is 5.32 Å². The van der Waals surface area contributed by atoms with E-state index in [0.29, 0.717) is 21.6 Å². The highest BCUT2D eigenvalue weighted by atomic mass is 32.1. The van der Waals surface area contributed by atoms with Crippen LogP contribution in [-0.4, -0.2) is 20.7 Å². The van der Waals surface area contributed by atoms with E-state index in [0.717, 1.165) is 10.2 Å². The average molecular weight is 350 g/mol. The van der Waals surface area contributed by atoms with Crippen molar-refractivity contribution >= 4 is 43.4 Å². The van der Waals surface area contributed by atoms with Crippen molar-refractivity contribution in [1.29, 1.82) is 0 Å². The van der Waals surface area contributed by atoms with Gasteiger partial charge in [0.25, 0.3) is 5.56 Å². The third-order valence-electron chi connectivity index (χ3n) is 3.90. The van der Waals surface area contributed by atoms with Crippen molar-refractivity contribution in [3.8, 4) is 0 Å². The summed E-state index contributed by atoms with van der Waals surface area (Å²) in [6, 6.07) is 14.9. The first kappa shape index (κ1) is 15.5. The molecule has 0 atom stereocenters. The summed E-state index contributed by atoms with van der Waals surface area (Å²) in [5, 5.41) is 8.88. The summed E-state index contributed by atoms with van der Waals surface area (Å²) in [6.45, 7) is 0. The predicted molar refractivity (Wildman–Crippen MR) is 98.9 cm³/mol. The van der Waals surface area contributed by atoms with Gasteiger partial charge in [0.1, 0.15) is 0 Å². The Labute approximate surface area is 146 Å². The van der Waals surface area contributed by atoms with Gasteiger partial charge in [-0.05, 0) is 18.2 Å². The second-order valence-electron chi connectivity index (χ2n) is 5.63. The molecule has 7 heteroatoms. The fraction of sp³-hybridized carbons (Fsp3) is 0.111. The molecular formula is C18H14N4O2S. The number of nitrogens with one attached hydrogen (secondary N) is 1. The number of fused-ring (bicyclic) bond motifs is 2. The van der Waals surface area contributed by atoms with Gasteiger partial charge in [-0.2, -0.15) is 5.10 Å². The fourth-order valence-corrected chi connectivity index (χ4v) is 3.63. The molecule has 0 bridgehead atoms. The maximum atomic E-state index is 12.4. The number of rotatable bonds is 3. The van der Waals surface area contributed by atoms with Crippen LogP contribution in [0.1, 0.15) is 5.69 Å². The standard InChI is InChI=1S/C18H14N4O2S/c1-22-17(24)12-7-3-2-6-11(12)14(21-22)10-16(23)20-18-19-13-8-4-5-9-15(13)25-18/h2-9H,10H2,1H3,(H,19,20,23). The van der Waals surface area contributed by atoms with Crippen LogP contribution in [0.25, 0.3) is 21.0 Å². The van der Waals surface area contributed by atoms with Crippen LogP contribution in [0.4, 0.5) is 5.13 Å². The van der Waals surface area contributed by atoms with E-state index in [4.69, 9.17) is 0 Å². The minimum Gasteiger partial charge on any atom is -0.302 e. The minimum atomic E-state index is -0.213. The summed E-state index contributed by atoms with van der Waals surface area (Å²) in [7, 11) is 1.59. The van der Waals surface area contributed by atoms with Crippen molar-refractivity contribution in [2.75, 3.05) is 5.32 Å². The van der Waals surface area contributed by atoms with Crippen LogP contribution in [0, 0.1) is 0 Å². The molecule has 0 saturated carbocycles. The van der Waals surface area contributed by atoms with Gasteiger partial charge in [0.2, 0.25) is 5.91 Å². The number of aryl methyl sites for hydroxylation is 1. The number of benzene rings is 2. The van der Waals surface area contributed by atoms with Crippen LogP contribution in [-0.2, 0) is 18.3 Å². The van der Waals surface area contributed by atoms with E-state index in [1.165, 1.54) is 16.0 Å². The lowest BCUT2D eigenvalue weighted by atomic mass is 10.1. The molecular weight excluding hydrogens is 336 g/mol. The number of anilines is 1. The molecule has 4 aromatic rings. The molecule has 124 valence electrons. The molecule has 1 amide bonds. The monoisotopic (exact) mass is 350 g/mol. The van der Waals surface area contributed by atoms with Gasteiger partial charge in [0.05, 0.1) is 27.7 Å². The Morgan fingerprint density at radius 2 is 1.84 bits per heavy atom. The Bertz CT molecular complexity index is 1130. The van der Waals surface area contributed by atoms with Gasteiger partial charge in [0, 0.05) is 12.4 Å². The maximum absolute atomic E-state index is 12.4. The van der Waals surface area contributed by atoms with Gasteiger partial charge in [0.15, 0.2) is 5.13 Å². The Morgan fingerprint density at radius 1 is 1.12 bits per heavy atom. The van der Waals surface area contributed by atoms with Crippen molar-refractivity contribution in [2.24, 2.45) is 7.05 Å². The maximum Gasteiger partial charge on any atom is 0.274 e. The number of thiazole rings is 1. The molecule has 0 unspecified atom stereocenters. The Balaban J connectivity index is 1.63. The number of amides is 1. The molecule has 2 heterocycles. The molecule has 0 spiro atoms. The van der Waals surface area contributed by atoms with Crippen molar-refractivity contribution in [1.82, 2.24) is 14.8 Å². The largest absolute Gasteiger partial charge is 0.302 e. The van der Waals surface area contributed by atoms with Crippen LogP contribution in [0.2, 0.25) is 0 Å². The number of hydrogen-bond donors (Lipinski definition) is 1. The Hall–Kier alpha value is -3.06. The van der Waals surface area contributed by atoms with Crippen LogP contribution in [0.5, 0.6) is 0 Å². The highest BCUT2D eigenvalue weighted by molar-refractivity contribution is 7.22. The Morgan fingerprint density at radius 3 is 2.64 bits per heavy atom.